The first-order valence-electron chi connectivity index (χ1n) is 9.31. The maximum absolute atomic E-state index is 13.4. The third kappa shape index (κ3) is 3.57. The lowest BCUT2D eigenvalue weighted by molar-refractivity contribution is -0.137. The molecule has 1 aromatic heterocycles. The van der Waals surface area contributed by atoms with Crippen LogP contribution in [0.25, 0.3) is 5.57 Å². The van der Waals surface area contributed by atoms with Crippen molar-refractivity contribution >= 4 is 34.7 Å². The molecule has 0 spiro atoms. The fraction of sp³-hybridized carbons (Fsp3) is 0.130. The number of carbonyl (C=O) groups is 2. The third-order valence-electron chi connectivity index (χ3n) is 4.82. The molecule has 0 unspecified atom stereocenters. The van der Waals surface area contributed by atoms with Crippen LogP contribution >= 0.6 is 11.6 Å². The molecule has 0 fully saturated rings. The summed E-state index contributed by atoms with van der Waals surface area (Å²) in [4.78, 5) is 29.8. The smallest absolute Gasteiger partial charge is 0.278 e. The minimum atomic E-state index is -0.349. The van der Waals surface area contributed by atoms with Crippen molar-refractivity contribution in [2.75, 3.05) is 11.4 Å². The molecule has 4 rings (SSSR count). The number of nitrogens with zero attached hydrogens (tertiary/aromatic N) is 2. The van der Waals surface area contributed by atoms with Crippen molar-refractivity contribution in [2.45, 2.75) is 13.5 Å². The van der Waals surface area contributed by atoms with Gasteiger partial charge in [0.2, 0.25) is 0 Å². The predicted octanol–water partition coefficient (Wildman–Crippen LogP) is 4.74. The maximum atomic E-state index is 13.4. The summed E-state index contributed by atoms with van der Waals surface area (Å²) in [6.45, 7) is 2.56. The summed E-state index contributed by atoms with van der Waals surface area (Å²) in [7, 11) is 0. The second kappa shape index (κ2) is 7.97. The van der Waals surface area contributed by atoms with Gasteiger partial charge in [-0.2, -0.15) is 0 Å². The molecule has 2 amide bonds. The summed E-state index contributed by atoms with van der Waals surface area (Å²) in [6, 6.07) is 20.0. The first-order valence-corrected chi connectivity index (χ1v) is 9.69. The second-order valence-corrected chi connectivity index (χ2v) is 7.02. The summed E-state index contributed by atoms with van der Waals surface area (Å²) in [5.74, 6) is -0.147. The van der Waals surface area contributed by atoms with Crippen molar-refractivity contribution in [1.29, 1.82) is 0 Å². The Morgan fingerprint density at radius 2 is 1.66 bits per heavy atom. The lowest BCUT2D eigenvalue weighted by Crippen LogP contribution is -2.34. The average Bonchev–Trinajstić information content (AvgIpc) is 3.33. The van der Waals surface area contributed by atoms with E-state index in [0.717, 1.165) is 5.69 Å². The highest BCUT2D eigenvalue weighted by Crippen LogP contribution is 2.35. The Morgan fingerprint density at radius 1 is 0.931 bits per heavy atom. The van der Waals surface area contributed by atoms with Crippen LogP contribution in [0.5, 0.6) is 0 Å². The van der Waals surface area contributed by atoms with Crippen LogP contribution in [-0.2, 0) is 16.1 Å². The van der Waals surface area contributed by atoms with E-state index in [1.807, 2.05) is 42.2 Å². The highest BCUT2D eigenvalue weighted by Gasteiger charge is 2.42. The zero-order valence-electron chi connectivity index (χ0n) is 15.8. The SMILES string of the molecule is CCN(C1=C(c2ccc(Cl)cc2)C(=O)N(Cc2ccco2)C1=O)c1ccccc1. The number of hydrogen-bond acceptors (Lipinski definition) is 4. The highest BCUT2D eigenvalue weighted by atomic mass is 35.5. The second-order valence-electron chi connectivity index (χ2n) is 6.59. The Hall–Kier alpha value is -3.31. The van der Waals surface area contributed by atoms with Gasteiger partial charge in [-0.25, -0.2) is 0 Å². The van der Waals surface area contributed by atoms with Gasteiger partial charge in [-0.15, -0.1) is 0 Å². The van der Waals surface area contributed by atoms with Gasteiger partial charge in [0.05, 0.1) is 18.4 Å². The topological polar surface area (TPSA) is 53.8 Å². The third-order valence-corrected chi connectivity index (χ3v) is 5.08. The monoisotopic (exact) mass is 406 g/mol. The van der Waals surface area contributed by atoms with Crippen LogP contribution in [0.1, 0.15) is 18.2 Å². The minimum absolute atomic E-state index is 0.0810. The number of imide groups is 1. The first kappa shape index (κ1) is 19.0. The number of anilines is 1. The van der Waals surface area contributed by atoms with E-state index in [4.69, 9.17) is 16.0 Å². The number of furan rings is 1. The lowest BCUT2D eigenvalue weighted by atomic mass is 10.0. The standard InChI is InChI=1S/C23H19ClN2O3/c1-2-25(18-7-4-3-5-8-18)21-20(16-10-12-17(24)13-11-16)22(27)26(23(21)28)15-19-9-6-14-29-19/h3-14H,2,15H2,1H3. The maximum Gasteiger partial charge on any atom is 0.278 e. The molecule has 0 saturated heterocycles. The molecule has 6 heteroatoms. The summed E-state index contributed by atoms with van der Waals surface area (Å²) in [5, 5.41) is 0.565. The fourth-order valence-corrected chi connectivity index (χ4v) is 3.60. The van der Waals surface area contributed by atoms with E-state index < -0.39 is 0 Å². The Kier molecular flexibility index (Phi) is 5.23. The first-order chi connectivity index (χ1) is 14.1. The van der Waals surface area contributed by atoms with Crippen molar-refractivity contribution in [2.24, 2.45) is 0 Å². The van der Waals surface area contributed by atoms with Gasteiger partial charge in [0.15, 0.2) is 0 Å². The highest BCUT2D eigenvalue weighted by molar-refractivity contribution is 6.37. The normalized spacial score (nSPS) is 14.1. The van der Waals surface area contributed by atoms with E-state index in [-0.39, 0.29) is 18.4 Å². The van der Waals surface area contributed by atoms with Crippen molar-refractivity contribution in [3.05, 3.63) is 95.0 Å². The van der Waals surface area contributed by atoms with E-state index in [0.29, 0.717) is 34.2 Å². The number of carbonyl (C=O) groups excluding carboxylic acids is 2. The molecule has 0 radical (unpaired) electrons. The predicted molar refractivity (Wildman–Crippen MR) is 112 cm³/mol. The minimum Gasteiger partial charge on any atom is -0.467 e. The molecule has 2 aromatic carbocycles. The number of halogens is 1. The van der Waals surface area contributed by atoms with Gasteiger partial charge in [-0.05, 0) is 48.9 Å². The summed E-state index contributed by atoms with van der Waals surface area (Å²) >= 11 is 6.03. The summed E-state index contributed by atoms with van der Waals surface area (Å²) in [6.07, 6.45) is 1.52. The molecular formula is C23H19ClN2O3. The van der Waals surface area contributed by atoms with Crippen LogP contribution in [0, 0.1) is 0 Å². The van der Waals surface area contributed by atoms with Gasteiger partial charge < -0.3 is 9.32 Å². The van der Waals surface area contributed by atoms with Crippen LogP contribution in [0.4, 0.5) is 5.69 Å². The van der Waals surface area contributed by atoms with Gasteiger partial charge in [-0.3, -0.25) is 14.5 Å². The van der Waals surface area contributed by atoms with Crippen molar-refractivity contribution in [3.8, 4) is 0 Å². The Labute approximate surface area is 173 Å². The number of rotatable bonds is 6. The molecule has 0 aliphatic carbocycles. The van der Waals surface area contributed by atoms with Crippen molar-refractivity contribution in [3.63, 3.8) is 0 Å². The molecule has 0 N–H and O–H groups in total. The van der Waals surface area contributed by atoms with Crippen LogP contribution in [0.2, 0.25) is 5.02 Å². The molecule has 1 aliphatic rings. The number of hydrogen-bond donors (Lipinski definition) is 0. The molecule has 0 saturated carbocycles. The van der Waals surface area contributed by atoms with Gasteiger partial charge >= 0.3 is 0 Å². The van der Waals surface area contributed by atoms with Crippen LogP contribution in [0.15, 0.2) is 83.1 Å². The van der Waals surface area contributed by atoms with Gasteiger partial charge in [0.1, 0.15) is 11.5 Å². The molecule has 0 atom stereocenters. The fourth-order valence-electron chi connectivity index (χ4n) is 3.47. The van der Waals surface area contributed by atoms with E-state index in [2.05, 4.69) is 0 Å². The number of benzene rings is 2. The molecule has 29 heavy (non-hydrogen) atoms. The number of likely N-dealkylation sites (N-methyl/N-ethyl adjacent to an activating group) is 1. The van der Waals surface area contributed by atoms with Gasteiger partial charge in [0, 0.05) is 17.3 Å². The number of amides is 2. The summed E-state index contributed by atoms with van der Waals surface area (Å²) < 4.78 is 5.36. The van der Waals surface area contributed by atoms with E-state index >= 15 is 0 Å². The summed E-state index contributed by atoms with van der Waals surface area (Å²) in [5.41, 5.74) is 2.22. The van der Waals surface area contributed by atoms with Crippen LogP contribution in [0.3, 0.4) is 0 Å². The van der Waals surface area contributed by atoms with Crippen molar-refractivity contribution < 1.29 is 14.0 Å². The van der Waals surface area contributed by atoms with E-state index in [1.54, 1.807) is 36.4 Å². The quantitative estimate of drug-likeness (QED) is 0.555. The Bertz CT molecular complexity index is 1060. The number of para-hydroxylation sites is 1. The molecule has 3 aromatic rings. The zero-order chi connectivity index (χ0) is 20.4. The zero-order valence-corrected chi connectivity index (χ0v) is 16.6. The molecule has 5 nitrogen and oxygen atoms in total. The lowest BCUT2D eigenvalue weighted by Gasteiger charge is -2.24. The Morgan fingerprint density at radius 3 is 2.28 bits per heavy atom. The largest absolute Gasteiger partial charge is 0.467 e. The molecular weight excluding hydrogens is 388 g/mol. The van der Waals surface area contributed by atoms with Gasteiger partial charge in [0.25, 0.3) is 11.8 Å². The van der Waals surface area contributed by atoms with Crippen LogP contribution in [-0.4, -0.2) is 23.3 Å². The van der Waals surface area contributed by atoms with E-state index in [9.17, 15) is 9.59 Å². The molecule has 2 heterocycles. The van der Waals surface area contributed by atoms with E-state index in [1.165, 1.54) is 11.2 Å². The molecule has 146 valence electrons. The van der Waals surface area contributed by atoms with Gasteiger partial charge in [-0.1, -0.05) is 41.9 Å². The van der Waals surface area contributed by atoms with Crippen molar-refractivity contribution in [1.82, 2.24) is 4.90 Å². The van der Waals surface area contributed by atoms with Crippen LogP contribution < -0.4 is 4.90 Å². The average molecular weight is 407 g/mol. The Balaban J connectivity index is 1.83. The molecule has 0 bridgehead atoms. The molecule has 1 aliphatic heterocycles.